The SMILES string of the molecule is Cc1c(C(F)(F)F)n(C)c(=O)n(-c2ccc(OCc3ccccc3C(F)(F)F)cc2N)c1=O. The monoisotopic (exact) mass is 473 g/mol. The molecule has 2 N–H and O–H groups in total. The number of ether oxygens (including phenoxy) is 1. The van der Waals surface area contributed by atoms with Gasteiger partial charge in [0.1, 0.15) is 18.1 Å². The Morgan fingerprint density at radius 2 is 1.61 bits per heavy atom. The summed E-state index contributed by atoms with van der Waals surface area (Å²) in [6.07, 6.45) is -9.50. The molecule has 2 aromatic carbocycles. The van der Waals surface area contributed by atoms with Gasteiger partial charge < -0.3 is 10.5 Å². The van der Waals surface area contributed by atoms with Crippen molar-refractivity contribution in [3.8, 4) is 11.4 Å². The Hall–Kier alpha value is -3.70. The molecule has 0 radical (unpaired) electrons. The van der Waals surface area contributed by atoms with Gasteiger partial charge in [0.15, 0.2) is 0 Å². The fraction of sp³-hybridized carbons (Fsp3) is 0.238. The largest absolute Gasteiger partial charge is 0.489 e. The number of hydrogen-bond donors (Lipinski definition) is 1. The van der Waals surface area contributed by atoms with Gasteiger partial charge in [0.25, 0.3) is 5.56 Å². The zero-order chi connectivity index (χ0) is 24.7. The first-order valence-electron chi connectivity index (χ1n) is 9.31. The van der Waals surface area contributed by atoms with Gasteiger partial charge in [-0.25, -0.2) is 9.36 Å². The first-order valence-corrected chi connectivity index (χ1v) is 9.31. The predicted octanol–water partition coefficient (Wildman–Crippen LogP) is 4.04. The lowest BCUT2D eigenvalue weighted by molar-refractivity contribution is -0.144. The number of halogens is 6. The zero-order valence-electron chi connectivity index (χ0n) is 17.2. The minimum absolute atomic E-state index is 0.0294. The molecule has 0 aliphatic rings. The van der Waals surface area contributed by atoms with Crippen LogP contribution in [0.5, 0.6) is 5.75 Å². The Balaban J connectivity index is 1.98. The highest BCUT2D eigenvalue weighted by Gasteiger charge is 2.38. The summed E-state index contributed by atoms with van der Waals surface area (Å²) in [4.78, 5) is 25.1. The number of nitrogens with two attached hydrogens (primary N) is 1. The Labute approximate surface area is 182 Å². The van der Waals surface area contributed by atoms with Crippen molar-refractivity contribution in [2.75, 3.05) is 5.73 Å². The van der Waals surface area contributed by atoms with Gasteiger partial charge in [-0.15, -0.1) is 0 Å². The Morgan fingerprint density at radius 3 is 2.18 bits per heavy atom. The van der Waals surface area contributed by atoms with Crippen molar-refractivity contribution in [3.05, 3.63) is 85.7 Å². The average Bonchev–Trinajstić information content (AvgIpc) is 2.71. The minimum Gasteiger partial charge on any atom is -0.489 e. The fourth-order valence-electron chi connectivity index (χ4n) is 3.38. The van der Waals surface area contributed by atoms with Crippen molar-refractivity contribution >= 4 is 5.69 Å². The number of benzene rings is 2. The number of aromatic nitrogens is 2. The van der Waals surface area contributed by atoms with Crippen LogP contribution in [0.3, 0.4) is 0 Å². The van der Waals surface area contributed by atoms with Crippen molar-refractivity contribution < 1.29 is 31.1 Å². The summed E-state index contributed by atoms with van der Waals surface area (Å²) in [5.41, 5.74) is -0.0490. The van der Waals surface area contributed by atoms with E-state index in [1.54, 1.807) is 0 Å². The van der Waals surface area contributed by atoms with Gasteiger partial charge in [-0.3, -0.25) is 9.36 Å². The Bertz CT molecular complexity index is 1290. The average molecular weight is 473 g/mol. The van der Waals surface area contributed by atoms with E-state index < -0.39 is 47.0 Å². The minimum atomic E-state index is -4.92. The lowest BCUT2D eigenvalue weighted by Gasteiger charge is -2.18. The third-order valence-corrected chi connectivity index (χ3v) is 4.92. The molecule has 176 valence electrons. The standard InChI is InChI=1S/C21H17F6N3O3/c1-11-17(21(25,26)27)29(2)19(32)30(18(11)31)16-8-7-13(9-15(16)28)33-10-12-5-3-4-6-14(12)20(22,23)24/h3-9H,10,28H2,1-2H3. The first-order chi connectivity index (χ1) is 15.2. The number of alkyl halides is 6. The molecule has 0 saturated heterocycles. The molecule has 0 bridgehead atoms. The van der Waals surface area contributed by atoms with Gasteiger partial charge in [-0.2, -0.15) is 26.3 Å². The van der Waals surface area contributed by atoms with Crippen LogP contribution in [0.25, 0.3) is 5.69 Å². The summed E-state index contributed by atoms with van der Waals surface area (Å²) in [7, 11) is 0.875. The van der Waals surface area contributed by atoms with E-state index in [4.69, 9.17) is 10.5 Å². The van der Waals surface area contributed by atoms with E-state index in [2.05, 4.69) is 0 Å². The summed E-state index contributed by atoms with van der Waals surface area (Å²) < 4.78 is 85.2. The van der Waals surface area contributed by atoms with E-state index >= 15 is 0 Å². The molecule has 0 fully saturated rings. The van der Waals surface area contributed by atoms with E-state index in [0.29, 0.717) is 9.13 Å². The second-order valence-corrected chi connectivity index (χ2v) is 7.12. The van der Waals surface area contributed by atoms with Crippen LogP contribution in [0.2, 0.25) is 0 Å². The zero-order valence-corrected chi connectivity index (χ0v) is 17.2. The highest BCUT2D eigenvalue weighted by molar-refractivity contribution is 5.61. The molecule has 0 aliphatic heterocycles. The molecule has 6 nitrogen and oxygen atoms in total. The quantitative estimate of drug-likeness (QED) is 0.458. The van der Waals surface area contributed by atoms with Crippen LogP contribution < -0.4 is 21.7 Å². The highest BCUT2D eigenvalue weighted by Crippen LogP contribution is 2.33. The molecular weight excluding hydrogens is 456 g/mol. The maximum Gasteiger partial charge on any atom is 0.432 e. The molecule has 0 aliphatic carbocycles. The van der Waals surface area contributed by atoms with Crippen LogP contribution in [0, 0.1) is 6.92 Å². The molecule has 3 rings (SSSR count). The maximum atomic E-state index is 13.2. The number of nitrogen functional groups attached to an aromatic ring is 1. The first kappa shape index (κ1) is 24.0. The van der Waals surface area contributed by atoms with E-state index in [9.17, 15) is 35.9 Å². The van der Waals surface area contributed by atoms with Gasteiger partial charge >= 0.3 is 18.0 Å². The molecular formula is C21H17F6N3O3. The van der Waals surface area contributed by atoms with Crippen LogP contribution in [0.1, 0.15) is 22.4 Å². The second kappa shape index (κ2) is 8.34. The smallest absolute Gasteiger partial charge is 0.432 e. The highest BCUT2D eigenvalue weighted by atomic mass is 19.4. The fourth-order valence-corrected chi connectivity index (χ4v) is 3.38. The molecule has 33 heavy (non-hydrogen) atoms. The van der Waals surface area contributed by atoms with Crippen molar-refractivity contribution in [2.45, 2.75) is 25.9 Å². The third kappa shape index (κ3) is 4.59. The van der Waals surface area contributed by atoms with Crippen LogP contribution in [0.15, 0.2) is 52.1 Å². The molecule has 0 spiro atoms. The summed E-state index contributed by atoms with van der Waals surface area (Å²) in [6, 6.07) is 8.37. The molecule has 0 unspecified atom stereocenters. The van der Waals surface area contributed by atoms with Crippen molar-refractivity contribution in [1.82, 2.24) is 9.13 Å². The summed E-state index contributed by atoms with van der Waals surface area (Å²) in [5, 5.41) is 0. The topological polar surface area (TPSA) is 79.2 Å². The van der Waals surface area contributed by atoms with Gasteiger partial charge in [-0.1, -0.05) is 18.2 Å². The van der Waals surface area contributed by atoms with Crippen LogP contribution in [-0.2, 0) is 26.0 Å². The van der Waals surface area contributed by atoms with E-state index in [1.807, 2.05) is 0 Å². The lowest BCUT2D eigenvalue weighted by Crippen LogP contribution is -2.43. The van der Waals surface area contributed by atoms with E-state index in [1.165, 1.54) is 24.3 Å². The summed E-state index contributed by atoms with van der Waals surface area (Å²) in [5.74, 6) is 0.0294. The number of anilines is 1. The normalized spacial score (nSPS) is 12.1. The van der Waals surface area contributed by atoms with Gasteiger partial charge in [-0.05, 0) is 25.1 Å². The van der Waals surface area contributed by atoms with Crippen LogP contribution >= 0.6 is 0 Å². The van der Waals surface area contributed by atoms with E-state index in [0.717, 1.165) is 32.2 Å². The molecule has 0 saturated carbocycles. The van der Waals surface area contributed by atoms with Crippen molar-refractivity contribution in [2.24, 2.45) is 7.05 Å². The summed E-state index contributed by atoms with van der Waals surface area (Å²) >= 11 is 0. The number of hydrogen-bond acceptors (Lipinski definition) is 4. The Morgan fingerprint density at radius 1 is 0.970 bits per heavy atom. The second-order valence-electron chi connectivity index (χ2n) is 7.12. The maximum absolute atomic E-state index is 13.2. The van der Waals surface area contributed by atoms with Crippen molar-refractivity contribution in [3.63, 3.8) is 0 Å². The van der Waals surface area contributed by atoms with Crippen LogP contribution in [0.4, 0.5) is 32.0 Å². The molecule has 3 aromatic rings. The molecule has 12 heteroatoms. The van der Waals surface area contributed by atoms with Crippen LogP contribution in [-0.4, -0.2) is 9.13 Å². The predicted molar refractivity (Wildman–Crippen MR) is 107 cm³/mol. The molecule has 0 atom stereocenters. The Kier molecular flexibility index (Phi) is 6.05. The van der Waals surface area contributed by atoms with Gasteiger partial charge in [0.05, 0.1) is 16.9 Å². The third-order valence-electron chi connectivity index (χ3n) is 4.92. The molecule has 1 aromatic heterocycles. The lowest BCUT2D eigenvalue weighted by atomic mass is 10.1. The van der Waals surface area contributed by atoms with E-state index in [-0.39, 0.29) is 22.7 Å². The van der Waals surface area contributed by atoms with Gasteiger partial charge in [0, 0.05) is 24.2 Å². The van der Waals surface area contributed by atoms with Crippen molar-refractivity contribution in [1.29, 1.82) is 0 Å². The van der Waals surface area contributed by atoms with Gasteiger partial charge in [0.2, 0.25) is 0 Å². The molecule has 1 heterocycles. The molecule has 0 amide bonds. The number of nitrogens with zero attached hydrogens (tertiary/aromatic N) is 2. The number of rotatable bonds is 4. The summed E-state index contributed by atoms with van der Waals surface area (Å²) in [6.45, 7) is 0.489.